The van der Waals surface area contributed by atoms with Crippen LogP contribution >= 0.6 is 69.3 Å². The second-order valence-electron chi connectivity index (χ2n) is 32.7. The zero-order valence-electron chi connectivity index (χ0n) is 77.1. The van der Waals surface area contributed by atoms with Crippen molar-refractivity contribution in [2.75, 3.05) is 91.1 Å². The highest BCUT2D eigenvalue weighted by atomic mass is 32.2. The van der Waals surface area contributed by atoms with E-state index in [2.05, 4.69) is 46.5 Å². The van der Waals surface area contributed by atoms with E-state index in [1.807, 2.05) is 125 Å². The van der Waals surface area contributed by atoms with Crippen molar-refractivity contribution in [3.8, 4) is 17.2 Å². The Kier molecular flexibility index (Phi) is 33.1. The summed E-state index contributed by atoms with van der Waals surface area (Å²) in [5.74, 6) is 2.41. The first-order valence-corrected chi connectivity index (χ1v) is 54.6. The quantitative estimate of drug-likeness (QED) is 0.0322. The molecule has 6 amide bonds. The van der Waals surface area contributed by atoms with Gasteiger partial charge in [-0.25, -0.2) is 40.3 Å². The number of aromatic nitrogens is 9. The van der Waals surface area contributed by atoms with Crippen LogP contribution in [0.5, 0.6) is 17.2 Å². The average molecular weight is 2070 g/mol. The summed E-state index contributed by atoms with van der Waals surface area (Å²) in [6.07, 6.45) is 6.26. The smallest absolute Gasteiger partial charge is 0.253 e. The maximum absolute atomic E-state index is 13.5. The second kappa shape index (κ2) is 46.0. The number of morpholine rings is 1. The fourth-order valence-electron chi connectivity index (χ4n) is 16.1. The molecule has 3 unspecified atom stereocenters. The Morgan fingerprint density at radius 1 is 0.364 bits per heavy atom. The zero-order chi connectivity index (χ0) is 98.2. The molecule has 3 N–H and O–H groups in total. The Morgan fingerprint density at radius 2 is 0.636 bits per heavy atom. The van der Waals surface area contributed by atoms with Gasteiger partial charge in [0.15, 0.2) is 32.9 Å². The third-order valence-electron chi connectivity index (χ3n) is 24.0. The monoisotopic (exact) mass is 2070 g/mol. The highest BCUT2D eigenvalue weighted by Crippen LogP contribution is 2.40. The Morgan fingerprint density at radius 3 is 0.900 bits per heavy atom. The molecule has 12 aromatic rings. The maximum Gasteiger partial charge on any atom is 0.253 e. The van der Waals surface area contributed by atoms with Gasteiger partial charge in [-0.3, -0.25) is 28.8 Å². The van der Waals surface area contributed by atoms with E-state index in [0.717, 1.165) is 97.8 Å². The number of hydrogen-bond donors (Lipinski definition) is 3. The summed E-state index contributed by atoms with van der Waals surface area (Å²) in [4.78, 5) is 82.6. The number of sulfonamides is 3. The van der Waals surface area contributed by atoms with Crippen molar-refractivity contribution in [3.63, 3.8) is 0 Å². The van der Waals surface area contributed by atoms with Gasteiger partial charge in [-0.1, -0.05) is 96.3 Å². The average Bonchev–Trinajstić information content (AvgIpc) is 1.47. The summed E-state index contributed by atoms with van der Waals surface area (Å²) in [5.41, 5.74) is 6.49. The molecule has 0 radical (unpaired) electrons. The van der Waals surface area contributed by atoms with E-state index in [9.17, 15) is 54.0 Å². The summed E-state index contributed by atoms with van der Waals surface area (Å²) in [5, 5.41) is 60.1. The predicted molar refractivity (Wildman–Crippen MR) is 532 cm³/mol. The van der Waals surface area contributed by atoms with Gasteiger partial charge in [0.25, 0.3) is 35.4 Å². The Balaban J connectivity index is 0.000000151. The molecule has 37 nitrogen and oxygen atoms in total. The lowest BCUT2D eigenvalue weighted by atomic mass is 10.0. The van der Waals surface area contributed by atoms with Gasteiger partial charge < -0.3 is 48.6 Å². The molecule has 0 saturated carbocycles. The maximum atomic E-state index is 13.5. The lowest BCUT2D eigenvalue weighted by Crippen LogP contribution is -2.40. The number of thioether (sulfide) groups is 3. The molecule has 6 aliphatic heterocycles. The van der Waals surface area contributed by atoms with Gasteiger partial charge in [0, 0.05) is 96.4 Å². The summed E-state index contributed by atoms with van der Waals surface area (Å²) in [6.45, 7) is 3.66. The van der Waals surface area contributed by atoms with E-state index in [-0.39, 0.29) is 105 Å². The molecule has 18 rings (SSSR count). The van der Waals surface area contributed by atoms with Crippen LogP contribution < -0.4 is 30.2 Å². The van der Waals surface area contributed by atoms with E-state index < -0.39 is 30.1 Å². The zero-order valence-corrected chi connectivity index (χ0v) is 84.4. The van der Waals surface area contributed by atoms with Crippen molar-refractivity contribution >= 4 is 152 Å². The molecule has 3 fully saturated rings. The fourth-order valence-corrected chi connectivity index (χ4v) is 25.0. The van der Waals surface area contributed by atoms with Gasteiger partial charge >= 0.3 is 0 Å². The Bertz CT molecular complexity index is 6560. The molecule has 3 atom stereocenters. The van der Waals surface area contributed by atoms with Crippen LogP contribution in [0, 0.1) is 0 Å². The fraction of sp³-hybridized carbons (Fsp3) is 0.330. The second-order valence-corrected chi connectivity index (χ2v) is 44.2. The summed E-state index contributed by atoms with van der Waals surface area (Å²) in [7, 11) is -0.612. The number of nitrogens with one attached hydrogen (secondary N) is 3. The third-order valence-corrected chi connectivity index (χ3v) is 35.5. The van der Waals surface area contributed by atoms with Crippen LogP contribution in [0.15, 0.2) is 244 Å². The minimum atomic E-state index is -3.65. The van der Waals surface area contributed by atoms with E-state index in [1.165, 1.54) is 121 Å². The molecule has 46 heteroatoms. The van der Waals surface area contributed by atoms with E-state index in [0.29, 0.717) is 121 Å². The number of hydrogen-bond acceptors (Lipinski definition) is 31. The van der Waals surface area contributed by atoms with Gasteiger partial charge in [-0.2, -0.15) is 28.2 Å². The largest absolute Gasteiger partial charge is 0.497 e. The molecular formula is C94H101N21O16S9. The molecule has 0 bridgehead atoms. The van der Waals surface area contributed by atoms with Crippen LogP contribution in [0.25, 0.3) is 0 Å². The first-order chi connectivity index (χ1) is 67.7. The van der Waals surface area contributed by atoms with Crippen LogP contribution in [0.4, 0.5) is 0 Å². The van der Waals surface area contributed by atoms with Gasteiger partial charge in [0.05, 0.1) is 136 Å². The number of rotatable bonds is 33. The number of carbonyl (C=O) groups excluding carboxylic acids is 6. The van der Waals surface area contributed by atoms with Gasteiger partial charge in [0.1, 0.15) is 17.2 Å². The lowest BCUT2D eigenvalue weighted by molar-refractivity contribution is -0.130. The lowest BCUT2D eigenvalue weighted by Gasteiger charge is -2.26. The standard InChI is InChI=1S/C32H35N7O5S3.C31H33N7O6S3.C31H33N7O5S3/c1-37-29(20-33-31(41)23-10-14-25(15-11-23)47(42,43)38-16-4-3-5-17-38)34-35-32(37)46-21-30(40)39-27(22-8-12-24(44-2)13-9-22)19-26(36-39)28-7-6-18-45-28;1-36-28(19-32-30(40)22-7-11-24(12-8-22)47(41,42)37-13-15-44-16-14-37)33-34-31(36)46-20-29(39)38-26(21-5-9-23(43-2)10-6-21)18-25(35-38)27-4-3-17-45-27;1-36-28(19-32-30(40)22-9-13-24(14-10-22)46(41,42)37-15-3-4-16-37)33-34-31(36)45-20-29(39)38-26(21-7-11-23(43-2)12-8-21)18-25(35-38)27-6-5-17-44-27/h6-15,18,27H,3-5,16-17,19-21H2,1-2H3,(H,33,41);3-12,17,26H,13-16,18-20H2,1-2H3,(H,32,40);5-14,17,26H,3-4,15-16,18-20H2,1-2H3,(H,32,40). The number of benzene rings is 6. The minimum Gasteiger partial charge on any atom is -0.497 e. The number of piperidine rings is 1. The Labute approximate surface area is 834 Å². The summed E-state index contributed by atoms with van der Waals surface area (Å²) < 4.78 is 108. The van der Waals surface area contributed by atoms with Gasteiger partial charge in [-0.15, -0.1) is 64.6 Å². The van der Waals surface area contributed by atoms with Crippen molar-refractivity contribution < 1.29 is 73.0 Å². The van der Waals surface area contributed by atoms with Crippen LogP contribution in [0.3, 0.4) is 0 Å². The van der Waals surface area contributed by atoms with Crippen molar-refractivity contribution in [2.24, 2.45) is 36.4 Å². The van der Waals surface area contributed by atoms with Crippen molar-refractivity contribution in [2.45, 2.75) is 119 Å². The highest BCUT2D eigenvalue weighted by molar-refractivity contribution is 8.00. The number of hydrazone groups is 3. The molecule has 12 heterocycles. The minimum absolute atomic E-state index is 0.0881. The van der Waals surface area contributed by atoms with E-state index >= 15 is 0 Å². The van der Waals surface area contributed by atoms with Crippen molar-refractivity contribution in [1.82, 2.24) is 88.2 Å². The molecule has 732 valence electrons. The molecule has 6 aromatic heterocycles. The van der Waals surface area contributed by atoms with Crippen molar-refractivity contribution in [3.05, 3.63) is 264 Å². The summed E-state index contributed by atoms with van der Waals surface area (Å²) >= 11 is 8.51. The van der Waals surface area contributed by atoms with Crippen LogP contribution in [-0.2, 0) is 90.0 Å². The van der Waals surface area contributed by atoms with Gasteiger partial charge in [0.2, 0.25) is 30.1 Å². The number of methoxy groups -OCH3 is 3. The SMILES string of the molecule is COc1ccc(C2CC(c3cccs3)=NN2C(=O)CSc2nnc(CNC(=O)c3ccc(S(=O)(=O)N4CCCC4)cc3)n2C)cc1.COc1ccc(C2CC(c3cccs3)=NN2C(=O)CSc2nnc(CNC(=O)c3ccc(S(=O)(=O)N4CCCCC4)cc3)n2C)cc1.COc1ccc(C2CC(c3cccs3)=NN2C(=O)CSc2nnc(CNC(=O)c3ccc(S(=O)(=O)N4CCOCC4)cc3)n2C)cc1. The number of thiophene rings is 3. The van der Waals surface area contributed by atoms with Crippen LogP contribution in [-0.4, -0.2) is 241 Å². The molecule has 140 heavy (non-hydrogen) atoms. The highest BCUT2D eigenvalue weighted by Gasteiger charge is 2.39. The summed E-state index contributed by atoms with van der Waals surface area (Å²) in [6, 6.07) is 51.9. The van der Waals surface area contributed by atoms with E-state index in [1.54, 1.807) is 105 Å². The molecule has 6 aromatic carbocycles. The van der Waals surface area contributed by atoms with Crippen molar-refractivity contribution in [1.29, 1.82) is 0 Å². The molecule has 6 aliphatic rings. The number of carbonyl (C=O) groups is 6. The number of nitrogens with zero attached hydrogens (tertiary/aromatic N) is 18. The first kappa shape index (κ1) is 101. The normalized spacial score (nSPS) is 17.0. The van der Waals surface area contributed by atoms with E-state index in [4.69, 9.17) is 34.3 Å². The third kappa shape index (κ3) is 23.8. The molecule has 3 saturated heterocycles. The van der Waals surface area contributed by atoms with Gasteiger partial charge in [-0.05, 0) is 186 Å². The molecular weight excluding hydrogens is 1970 g/mol. The number of amides is 6. The van der Waals surface area contributed by atoms with Crippen LogP contribution in [0.2, 0.25) is 0 Å². The topological polar surface area (TPSA) is 426 Å². The molecule has 0 spiro atoms. The first-order valence-electron chi connectivity index (χ1n) is 44.7. The molecule has 0 aliphatic carbocycles. The van der Waals surface area contributed by atoms with Crippen LogP contribution in [0.1, 0.15) is 149 Å². The number of ether oxygens (including phenoxy) is 4. The Hall–Kier alpha value is -12.2. The predicted octanol–water partition coefficient (Wildman–Crippen LogP) is 11.8.